The molecule has 1 aromatic heterocycles. The molecule has 2 N–H and O–H groups in total. The summed E-state index contributed by atoms with van der Waals surface area (Å²) in [6.07, 6.45) is 6.28. The van der Waals surface area contributed by atoms with Crippen molar-refractivity contribution in [3.05, 3.63) is 60.9 Å². The lowest BCUT2D eigenvalue weighted by Crippen LogP contribution is -2.47. The normalized spacial score (nSPS) is 13.1. The fourth-order valence-electron chi connectivity index (χ4n) is 3.43. The molecule has 0 fully saturated rings. The third-order valence-corrected chi connectivity index (χ3v) is 7.43. The Hall–Kier alpha value is -3.09. The van der Waals surface area contributed by atoms with Gasteiger partial charge < -0.3 is 15.4 Å². The number of carbonyl (C=O) groups excluding carboxylic acids is 1. The Kier molecular flexibility index (Phi) is 9.26. The number of carbonyl (C=O) groups is 1. The quantitative estimate of drug-likeness (QED) is 0.374. The molecule has 1 aromatic carbocycles. The standard InChI is InChI=1S/C24H32N4O4S/c1-6-15-32-24(29)23(18(4)7-2)27(5)33(30,31)20-11-9-19(10-12-20)17-28(8-3)22-16-26-14-13-21(22)25/h6,9-12,16,18,23H,1,7-8,15,17,25H2,2-5H3/t18?,23-/m0/s1. The van der Waals surface area contributed by atoms with Crippen molar-refractivity contribution in [2.45, 2.75) is 44.7 Å². The van der Waals surface area contributed by atoms with Gasteiger partial charge in [-0.3, -0.25) is 4.79 Å². The third-order valence-electron chi connectivity index (χ3n) is 5.57. The van der Waals surface area contributed by atoms with Crippen LogP contribution in [0.4, 0.5) is 11.4 Å². The average Bonchev–Trinajstić information content (AvgIpc) is 2.81. The van der Waals surface area contributed by atoms with Crippen LogP contribution in [0.5, 0.6) is 0 Å². The van der Waals surface area contributed by atoms with Gasteiger partial charge in [-0.1, -0.05) is 45.1 Å². The Labute approximate surface area is 197 Å². The van der Waals surface area contributed by atoms with Crippen LogP contribution < -0.4 is 10.6 Å². The molecule has 0 bridgehead atoms. The molecule has 0 amide bonds. The van der Waals surface area contributed by atoms with Crippen molar-refractivity contribution in [3.63, 3.8) is 0 Å². The molecule has 1 heterocycles. The van der Waals surface area contributed by atoms with E-state index >= 15 is 0 Å². The van der Waals surface area contributed by atoms with E-state index in [2.05, 4.69) is 23.8 Å². The lowest BCUT2D eigenvalue weighted by Gasteiger charge is -2.30. The van der Waals surface area contributed by atoms with E-state index in [1.807, 2.05) is 25.7 Å². The van der Waals surface area contributed by atoms with Crippen molar-refractivity contribution >= 4 is 27.4 Å². The molecule has 0 spiro atoms. The maximum absolute atomic E-state index is 13.3. The van der Waals surface area contributed by atoms with E-state index in [0.717, 1.165) is 15.6 Å². The maximum atomic E-state index is 13.3. The van der Waals surface area contributed by atoms with Crippen LogP contribution in [-0.4, -0.2) is 49.9 Å². The van der Waals surface area contributed by atoms with E-state index in [-0.39, 0.29) is 17.4 Å². The van der Waals surface area contributed by atoms with Crippen molar-refractivity contribution in [1.82, 2.24) is 9.29 Å². The van der Waals surface area contributed by atoms with Gasteiger partial charge in [0.15, 0.2) is 0 Å². The summed E-state index contributed by atoms with van der Waals surface area (Å²) in [5.74, 6) is -0.813. The second-order valence-corrected chi connectivity index (χ2v) is 9.72. The van der Waals surface area contributed by atoms with Gasteiger partial charge in [-0.2, -0.15) is 4.31 Å². The molecular weight excluding hydrogens is 440 g/mol. The lowest BCUT2D eigenvalue weighted by atomic mass is 9.99. The van der Waals surface area contributed by atoms with Crippen molar-refractivity contribution < 1.29 is 17.9 Å². The molecule has 0 saturated carbocycles. The van der Waals surface area contributed by atoms with Gasteiger partial charge in [-0.15, -0.1) is 0 Å². The molecule has 2 rings (SSSR count). The SMILES string of the molecule is C=CCOC(=O)[C@H](C(C)CC)N(C)S(=O)(=O)c1ccc(CN(CC)c2cnc#cc2N)cc1. The highest BCUT2D eigenvalue weighted by molar-refractivity contribution is 7.89. The van der Waals surface area contributed by atoms with Crippen molar-refractivity contribution in [2.75, 3.05) is 30.8 Å². The highest BCUT2D eigenvalue weighted by Crippen LogP contribution is 2.25. The smallest absolute Gasteiger partial charge is 0.325 e. The summed E-state index contributed by atoms with van der Waals surface area (Å²) in [4.78, 5) is 18.7. The van der Waals surface area contributed by atoms with Gasteiger partial charge in [-0.05, 0) is 36.6 Å². The van der Waals surface area contributed by atoms with Crippen LogP contribution in [0, 0.1) is 18.2 Å². The first-order valence-corrected chi connectivity index (χ1v) is 12.2. The van der Waals surface area contributed by atoms with Crippen LogP contribution in [0.15, 0.2) is 48.0 Å². The molecule has 1 unspecified atom stereocenters. The van der Waals surface area contributed by atoms with Crippen LogP contribution in [0.1, 0.15) is 32.8 Å². The molecule has 2 atom stereocenters. The Morgan fingerprint density at radius 1 is 1.30 bits per heavy atom. The van der Waals surface area contributed by atoms with Crippen LogP contribution in [0.3, 0.4) is 0 Å². The highest BCUT2D eigenvalue weighted by atomic mass is 32.2. The summed E-state index contributed by atoms with van der Waals surface area (Å²) in [6.45, 7) is 10.5. The second-order valence-electron chi connectivity index (χ2n) is 7.72. The number of likely N-dealkylation sites (N-methyl/N-ethyl adjacent to an activating group) is 1. The fourth-order valence-corrected chi connectivity index (χ4v) is 4.84. The fraction of sp³-hybridized carbons (Fsp3) is 0.417. The third kappa shape index (κ3) is 6.24. The Morgan fingerprint density at radius 3 is 2.52 bits per heavy atom. The molecule has 0 aliphatic heterocycles. The van der Waals surface area contributed by atoms with Gasteiger partial charge in [0.05, 0.1) is 16.8 Å². The van der Waals surface area contributed by atoms with E-state index in [1.54, 1.807) is 30.5 Å². The molecule has 0 aliphatic carbocycles. The topological polar surface area (TPSA) is 106 Å². The number of esters is 1. The molecule has 0 radical (unpaired) electrons. The Balaban J connectivity index is 2.25. The average molecular weight is 473 g/mol. The minimum Gasteiger partial charge on any atom is -0.460 e. The maximum Gasteiger partial charge on any atom is 0.325 e. The number of nitrogen functional groups attached to an aromatic ring is 1. The molecule has 0 saturated heterocycles. The number of ether oxygens (including phenoxy) is 1. The van der Waals surface area contributed by atoms with Gasteiger partial charge in [-0.25, -0.2) is 13.4 Å². The number of anilines is 2. The number of aromatic nitrogens is 1. The number of benzene rings is 1. The zero-order chi connectivity index (χ0) is 24.6. The second kappa shape index (κ2) is 11.7. The van der Waals surface area contributed by atoms with Gasteiger partial charge in [0.25, 0.3) is 0 Å². The number of nitrogens with zero attached hydrogens (tertiary/aromatic N) is 3. The van der Waals surface area contributed by atoms with E-state index in [0.29, 0.717) is 25.2 Å². The molecule has 33 heavy (non-hydrogen) atoms. The van der Waals surface area contributed by atoms with Crippen molar-refractivity contribution in [2.24, 2.45) is 5.92 Å². The Morgan fingerprint density at radius 2 is 1.97 bits per heavy atom. The highest BCUT2D eigenvalue weighted by Gasteiger charge is 2.37. The minimum absolute atomic E-state index is 0.0273. The van der Waals surface area contributed by atoms with E-state index in [9.17, 15) is 13.2 Å². The first-order chi connectivity index (χ1) is 15.7. The zero-order valence-electron chi connectivity index (χ0n) is 19.6. The largest absolute Gasteiger partial charge is 0.460 e. The Bertz CT molecular complexity index is 1040. The predicted octanol–water partition coefficient (Wildman–Crippen LogP) is 3.06. The van der Waals surface area contributed by atoms with Gasteiger partial charge >= 0.3 is 5.97 Å². The molecule has 8 nitrogen and oxygen atoms in total. The minimum atomic E-state index is -3.92. The monoisotopic (exact) mass is 472 g/mol. The summed E-state index contributed by atoms with van der Waals surface area (Å²) in [5.41, 5.74) is 8.07. The predicted molar refractivity (Wildman–Crippen MR) is 129 cm³/mol. The molecule has 0 aliphatic rings. The number of hydrogen-bond donors (Lipinski definition) is 1. The van der Waals surface area contributed by atoms with Gasteiger partial charge in [0.2, 0.25) is 10.0 Å². The molecule has 9 heteroatoms. The molecular formula is C24H32N4O4S. The summed E-state index contributed by atoms with van der Waals surface area (Å²) < 4.78 is 32.8. The summed E-state index contributed by atoms with van der Waals surface area (Å²) in [5, 5.41) is 0. The van der Waals surface area contributed by atoms with Crippen LogP contribution in [0.2, 0.25) is 0 Å². The van der Waals surface area contributed by atoms with Crippen LogP contribution >= 0.6 is 0 Å². The number of sulfonamides is 1. The number of nitrogens with two attached hydrogens (primary N) is 1. The van der Waals surface area contributed by atoms with E-state index in [1.165, 1.54) is 13.1 Å². The zero-order valence-corrected chi connectivity index (χ0v) is 20.4. The van der Waals surface area contributed by atoms with E-state index in [4.69, 9.17) is 10.5 Å². The lowest BCUT2D eigenvalue weighted by molar-refractivity contribution is -0.148. The molecule has 178 valence electrons. The van der Waals surface area contributed by atoms with Gasteiger partial charge in [0.1, 0.15) is 18.3 Å². The summed E-state index contributed by atoms with van der Waals surface area (Å²) in [7, 11) is -2.51. The first-order valence-electron chi connectivity index (χ1n) is 10.8. The van der Waals surface area contributed by atoms with Crippen molar-refractivity contribution in [3.8, 4) is 0 Å². The van der Waals surface area contributed by atoms with Crippen LogP contribution in [-0.2, 0) is 26.1 Å². The van der Waals surface area contributed by atoms with Crippen molar-refractivity contribution in [1.29, 1.82) is 0 Å². The van der Waals surface area contributed by atoms with E-state index < -0.39 is 22.0 Å². The number of rotatable bonds is 12. The first kappa shape index (κ1) is 26.2. The van der Waals surface area contributed by atoms with Crippen LogP contribution in [0.25, 0.3) is 0 Å². The number of hydrogen-bond acceptors (Lipinski definition) is 7. The molecule has 2 aromatic rings. The summed E-state index contributed by atoms with van der Waals surface area (Å²) in [6, 6.07) is 8.42. The summed E-state index contributed by atoms with van der Waals surface area (Å²) >= 11 is 0. The van der Waals surface area contributed by atoms with Gasteiger partial charge in [0, 0.05) is 26.3 Å².